The zero-order chi connectivity index (χ0) is 18.1. The number of halogens is 1. The van der Waals surface area contributed by atoms with Gasteiger partial charge in [-0.2, -0.15) is 0 Å². The number of carbonyl (C=O) groups excluding carboxylic acids is 1. The van der Waals surface area contributed by atoms with E-state index in [0.29, 0.717) is 41.3 Å². The largest absolute Gasteiger partial charge is 0.387 e. The van der Waals surface area contributed by atoms with Gasteiger partial charge in [-0.1, -0.05) is 6.92 Å². The Labute approximate surface area is 150 Å². The minimum atomic E-state index is -0.183. The van der Waals surface area contributed by atoms with Crippen molar-refractivity contribution in [3.05, 3.63) is 28.0 Å². The number of nitrogens with zero attached hydrogens (tertiary/aromatic N) is 3. The molecule has 1 aliphatic heterocycles. The van der Waals surface area contributed by atoms with Crippen molar-refractivity contribution < 1.29 is 9.63 Å². The maximum Gasteiger partial charge on any atom is 0.273 e. The average Bonchev–Trinajstić information content (AvgIpc) is 2.73. The fourth-order valence-electron chi connectivity index (χ4n) is 2.15. The zero-order valence-corrected chi connectivity index (χ0v) is 15.8. The van der Waals surface area contributed by atoms with E-state index in [0.717, 1.165) is 12.0 Å². The first-order chi connectivity index (χ1) is 11.5. The number of hydroxylamine groups is 2. The molecule has 8 heteroatoms. The van der Waals surface area contributed by atoms with Crippen molar-refractivity contribution in [1.29, 1.82) is 0 Å². The third-order valence-corrected chi connectivity index (χ3v) is 3.49. The molecular weight excluding hydrogens is 374 g/mol. The lowest BCUT2D eigenvalue weighted by Crippen LogP contribution is -2.34. The Hall–Kier alpha value is -1.77. The number of rotatable bonds is 5. The molecule has 4 N–H and O–H groups in total. The van der Waals surface area contributed by atoms with Gasteiger partial charge in [-0.05, 0) is 48.5 Å². The van der Waals surface area contributed by atoms with Crippen LogP contribution in [0.25, 0.3) is 6.08 Å². The summed E-state index contributed by atoms with van der Waals surface area (Å²) in [5, 5.41) is 1.39. The Morgan fingerprint density at radius 2 is 2.12 bits per heavy atom. The van der Waals surface area contributed by atoms with Gasteiger partial charge < -0.3 is 11.5 Å². The molecular formula is C16H24BrN5O2. The molecule has 0 saturated carbocycles. The van der Waals surface area contributed by atoms with E-state index in [2.05, 4.69) is 31.6 Å². The van der Waals surface area contributed by atoms with Gasteiger partial charge in [0.25, 0.3) is 5.91 Å². The number of carbonyl (C=O) groups is 1. The summed E-state index contributed by atoms with van der Waals surface area (Å²) in [4.78, 5) is 26.6. The van der Waals surface area contributed by atoms with Crippen LogP contribution in [0.4, 0.5) is 5.69 Å². The molecule has 132 valence electrons. The van der Waals surface area contributed by atoms with Crippen molar-refractivity contribution in [3.8, 4) is 0 Å². The van der Waals surface area contributed by atoms with E-state index in [1.807, 2.05) is 13.8 Å². The van der Waals surface area contributed by atoms with Gasteiger partial charge in [-0.15, -0.1) is 0 Å². The van der Waals surface area contributed by atoms with Gasteiger partial charge in [0.15, 0.2) is 0 Å². The van der Waals surface area contributed by atoms with E-state index < -0.39 is 0 Å². The van der Waals surface area contributed by atoms with Crippen LogP contribution in [0.2, 0.25) is 0 Å². The first-order valence-corrected chi connectivity index (χ1v) is 8.56. The number of amides is 1. The molecule has 1 aromatic heterocycles. The highest BCUT2D eigenvalue weighted by Gasteiger charge is 2.22. The molecule has 2 rings (SSSR count). The summed E-state index contributed by atoms with van der Waals surface area (Å²) in [6, 6.07) is 1.78. The Balaban J connectivity index is 0.00000139. The minimum Gasteiger partial charge on any atom is -0.387 e. The smallest absolute Gasteiger partial charge is 0.273 e. The topological polar surface area (TPSA) is 107 Å². The van der Waals surface area contributed by atoms with E-state index in [1.54, 1.807) is 18.3 Å². The lowest BCUT2D eigenvalue weighted by Gasteiger charge is -2.21. The van der Waals surface area contributed by atoms with Crippen LogP contribution in [-0.4, -0.2) is 42.0 Å². The minimum absolute atomic E-state index is 0.183. The van der Waals surface area contributed by atoms with Crippen LogP contribution in [0.3, 0.4) is 0 Å². The molecule has 0 atom stereocenters. The quantitative estimate of drug-likeness (QED) is 0.585. The first-order valence-electron chi connectivity index (χ1n) is 7.76. The first kappa shape index (κ1) is 20.3. The summed E-state index contributed by atoms with van der Waals surface area (Å²) in [7, 11) is 1.50. The van der Waals surface area contributed by atoms with Gasteiger partial charge >= 0.3 is 0 Å². The predicted octanol–water partition coefficient (Wildman–Crippen LogP) is 2.38. The van der Waals surface area contributed by atoms with Gasteiger partial charge in [0.05, 0.1) is 12.3 Å². The number of pyridine rings is 1. The van der Waals surface area contributed by atoms with Crippen molar-refractivity contribution in [2.75, 3.05) is 20.2 Å². The van der Waals surface area contributed by atoms with Crippen LogP contribution < -0.4 is 11.5 Å². The molecule has 1 aromatic rings. The highest BCUT2D eigenvalue weighted by Crippen LogP contribution is 2.28. The second kappa shape index (κ2) is 10.2. The lowest BCUT2D eigenvalue weighted by molar-refractivity contribution is -0.180. The number of hydrogen-bond acceptors (Lipinski definition) is 6. The summed E-state index contributed by atoms with van der Waals surface area (Å²) in [6.07, 6.45) is 4.55. The zero-order valence-electron chi connectivity index (χ0n) is 14.3. The van der Waals surface area contributed by atoms with Crippen molar-refractivity contribution >= 4 is 39.4 Å². The maximum atomic E-state index is 12.6. The molecule has 0 fully saturated rings. The normalized spacial score (nSPS) is 12.9. The molecule has 1 aliphatic rings. The van der Waals surface area contributed by atoms with E-state index in [4.69, 9.17) is 10.6 Å². The number of amidine groups is 1. The number of aromatic nitrogens is 1. The monoisotopic (exact) mass is 397 g/mol. The molecule has 0 bridgehead atoms. The summed E-state index contributed by atoms with van der Waals surface area (Å²) in [6.45, 7) is 4.82. The van der Waals surface area contributed by atoms with Gasteiger partial charge in [-0.3, -0.25) is 9.63 Å². The molecule has 0 spiro atoms. The molecule has 24 heavy (non-hydrogen) atoms. The van der Waals surface area contributed by atoms with Crippen LogP contribution in [0.15, 0.2) is 27.4 Å². The van der Waals surface area contributed by atoms with Gasteiger partial charge in [0.2, 0.25) is 0 Å². The highest BCUT2D eigenvalue weighted by molar-refractivity contribution is 9.10. The fraction of sp³-hybridized carbons (Fsp3) is 0.438. The molecule has 0 unspecified atom stereocenters. The van der Waals surface area contributed by atoms with Crippen LogP contribution in [0.5, 0.6) is 0 Å². The summed E-state index contributed by atoms with van der Waals surface area (Å²) >= 11 is 3.31. The maximum absolute atomic E-state index is 12.6. The molecule has 1 amide bonds. The van der Waals surface area contributed by atoms with Crippen LogP contribution >= 0.6 is 15.9 Å². The Bertz CT molecular complexity index is 625. The molecule has 0 aliphatic carbocycles. The van der Waals surface area contributed by atoms with Gasteiger partial charge in [0.1, 0.15) is 10.4 Å². The van der Waals surface area contributed by atoms with Crippen molar-refractivity contribution in [2.45, 2.75) is 26.7 Å². The molecule has 0 saturated heterocycles. The lowest BCUT2D eigenvalue weighted by atomic mass is 10.1. The van der Waals surface area contributed by atoms with E-state index in [9.17, 15) is 4.79 Å². The van der Waals surface area contributed by atoms with Crippen molar-refractivity contribution in [2.24, 2.45) is 16.5 Å². The second-order valence-corrected chi connectivity index (χ2v) is 5.65. The van der Waals surface area contributed by atoms with Crippen molar-refractivity contribution in [3.63, 3.8) is 0 Å². The number of hydrogen-bond donors (Lipinski definition) is 2. The Morgan fingerprint density at radius 1 is 1.42 bits per heavy atom. The third kappa shape index (κ3) is 5.40. The second-order valence-electron chi connectivity index (χ2n) is 4.84. The summed E-state index contributed by atoms with van der Waals surface area (Å²) in [5.74, 6) is 0.210. The van der Waals surface area contributed by atoms with Gasteiger partial charge in [-0.25, -0.2) is 15.0 Å². The molecule has 2 heterocycles. The third-order valence-electron chi connectivity index (χ3n) is 3.06. The van der Waals surface area contributed by atoms with E-state index >= 15 is 0 Å². The van der Waals surface area contributed by atoms with Gasteiger partial charge in [0, 0.05) is 30.3 Å². The summed E-state index contributed by atoms with van der Waals surface area (Å²) in [5.41, 5.74) is 12.4. The Morgan fingerprint density at radius 3 is 2.75 bits per heavy atom. The number of fused-ring (bicyclic) bond motifs is 1. The fourth-order valence-corrected chi connectivity index (χ4v) is 2.47. The molecule has 0 aromatic carbocycles. The number of nitrogens with two attached hydrogens (primary N) is 2. The summed E-state index contributed by atoms with van der Waals surface area (Å²) < 4.78 is 0.674. The van der Waals surface area contributed by atoms with Crippen LogP contribution in [0, 0.1) is 0 Å². The molecule has 0 radical (unpaired) electrons. The van der Waals surface area contributed by atoms with E-state index in [1.165, 1.54) is 12.1 Å². The highest BCUT2D eigenvalue weighted by atomic mass is 79.9. The predicted molar refractivity (Wildman–Crippen MR) is 99.6 cm³/mol. The van der Waals surface area contributed by atoms with Crippen molar-refractivity contribution in [1.82, 2.24) is 10.0 Å². The number of aliphatic imine (C=N–C) groups is 1. The average molecular weight is 398 g/mol. The van der Waals surface area contributed by atoms with E-state index in [-0.39, 0.29) is 5.91 Å². The van der Waals surface area contributed by atoms with Crippen LogP contribution in [0.1, 0.15) is 32.3 Å². The van der Waals surface area contributed by atoms with Crippen LogP contribution in [-0.2, 0) is 9.63 Å². The standard InChI is InChI=1S/C15H19BrN4O2.CH5N/c1-3-5-20(22-4-2)15(21)10-6-11-9-18-13(16)8-12(11)19-14(17)7-10;1-2/h6,8-9H,3-5,7H2,1-2H3,(H2,17,19);2H2,1H3. The Kier molecular flexibility index (Phi) is 8.59. The molecule has 7 nitrogen and oxygen atoms in total. The SMILES string of the molecule is CCCN(OCC)C(=O)C1=Cc2cnc(Br)cc2N=C(N)C1.CN.